The Morgan fingerprint density at radius 3 is 2.46 bits per heavy atom. The van der Waals surface area contributed by atoms with Crippen molar-refractivity contribution in [2.24, 2.45) is 0 Å². The van der Waals surface area contributed by atoms with Gasteiger partial charge in [-0.05, 0) is 71.1 Å². The maximum absolute atomic E-state index is 13.3. The van der Waals surface area contributed by atoms with Crippen LogP contribution in [0.2, 0.25) is 0 Å². The summed E-state index contributed by atoms with van der Waals surface area (Å²) in [5, 5.41) is 1.20. The molecule has 0 radical (unpaired) electrons. The molecule has 0 spiro atoms. The quantitative estimate of drug-likeness (QED) is 0.322. The van der Waals surface area contributed by atoms with E-state index in [1.807, 2.05) is 65.6 Å². The van der Waals surface area contributed by atoms with Crippen LogP contribution in [-0.2, 0) is 19.6 Å². The molecule has 4 nitrogen and oxygen atoms in total. The Bertz CT molecular complexity index is 1450. The Morgan fingerprint density at radius 1 is 0.829 bits per heavy atom. The van der Waals surface area contributed by atoms with E-state index in [2.05, 4.69) is 47.4 Å². The van der Waals surface area contributed by atoms with Gasteiger partial charge in [-0.15, -0.1) is 0 Å². The number of amides is 1. The zero-order chi connectivity index (χ0) is 23.6. The van der Waals surface area contributed by atoms with Crippen molar-refractivity contribution in [3.8, 4) is 17.0 Å². The minimum atomic E-state index is 0.0715. The largest absolute Gasteiger partial charge is 0.489 e. The highest BCUT2D eigenvalue weighted by Crippen LogP contribution is 2.29. The lowest BCUT2D eigenvalue weighted by Crippen LogP contribution is -2.36. The van der Waals surface area contributed by atoms with Crippen LogP contribution in [0.5, 0.6) is 5.75 Å². The Hall–Kier alpha value is -4.31. The lowest BCUT2D eigenvalue weighted by atomic mass is 9.96. The molecule has 0 atom stereocenters. The molecule has 1 N–H and O–H groups in total. The maximum Gasteiger partial charge on any atom is 0.254 e. The number of aromatic amines is 1. The molecular formula is C31H26N2O2. The van der Waals surface area contributed by atoms with Gasteiger partial charge in [0.05, 0.1) is 0 Å². The van der Waals surface area contributed by atoms with Crippen molar-refractivity contribution >= 4 is 16.8 Å². The van der Waals surface area contributed by atoms with Gasteiger partial charge in [0.2, 0.25) is 0 Å². The average molecular weight is 459 g/mol. The highest BCUT2D eigenvalue weighted by molar-refractivity contribution is 5.94. The molecule has 35 heavy (non-hydrogen) atoms. The zero-order valence-electron chi connectivity index (χ0n) is 19.4. The van der Waals surface area contributed by atoms with Crippen molar-refractivity contribution in [2.45, 2.75) is 19.6 Å². The molecule has 4 aromatic carbocycles. The van der Waals surface area contributed by atoms with Crippen molar-refractivity contribution in [1.82, 2.24) is 9.88 Å². The summed E-state index contributed by atoms with van der Waals surface area (Å²) in [6.07, 6.45) is 0.872. The molecular weight excluding hydrogens is 432 g/mol. The van der Waals surface area contributed by atoms with Gasteiger partial charge in [0.1, 0.15) is 12.4 Å². The second kappa shape index (κ2) is 9.15. The van der Waals surface area contributed by atoms with Gasteiger partial charge in [-0.3, -0.25) is 4.79 Å². The molecule has 1 aromatic heterocycles. The normalized spacial score (nSPS) is 13.0. The van der Waals surface area contributed by atoms with Crippen molar-refractivity contribution in [3.63, 3.8) is 0 Å². The number of nitrogens with one attached hydrogen (secondary N) is 1. The number of hydrogen-bond donors (Lipinski definition) is 1. The zero-order valence-corrected chi connectivity index (χ0v) is 19.4. The van der Waals surface area contributed by atoms with Crippen LogP contribution in [0.25, 0.3) is 22.2 Å². The van der Waals surface area contributed by atoms with Crippen LogP contribution in [0.1, 0.15) is 27.0 Å². The van der Waals surface area contributed by atoms with Crippen LogP contribution >= 0.6 is 0 Å². The van der Waals surface area contributed by atoms with Gasteiger partial charge in [0.25, 0.3) is 5.91 Å². The first-order chi connectivity index (χ1) is 17.2. The minimum Gasteiger partial charge on any atom is -0.489 e. The van der Waals surface area contributed by atoms with Crippen LogP contribution < -0.4 is 4.74 Å². The third-order valence-electron chi connectivity index (χ3n) is 6.70. The summed E-state index contributed by atoms with van der Waals surface area (Å²) in [6.45, 7) is 1.84. The fraction of sp³-hybridized carbons (Fsp3) is 0.129. The molecule has 1 aliphatic rings. The maximum atomic E-state index is 13.3. The molecule has 1 aliphatic heterocycles. The van der Waals surface area contributed by atoms with Crippen molar-refractivity contribution < 1.29 is 9.53 Å². The molecule has 4 heteroatoms. The van der Waals surface area contributed by atoms with Crippen LogP contribution in [0.4, 0.5) is 0 Å². The Labute approximate surface area is 204 Å². The van der Waals surface area contributed by atoms with E-state index in [0.29, 0.717) is 18.7 Å². The van der Waals surface area contributed by atoms with Crippen LogP contribution in [0.3, 0.4) is 0 Å². The van der Waals surface area contributed by atoms with Gasteiger partial charge >= 0.3 is 0 Å². The number of aromatic nitrogens is 1. The lowest BCUT2D eigenvalue weighted by molar-refractivity contribution is 0.0734. The number of ether oxygens (including phenoxy) is 1. The van der Waals surface area contributed by atoms with Gasteiger partial charge in [0, 0.05) is 35.2 Å². The molecule has 0 bridgehead atoms. The molecule has 172 valence electrons. The van der Waals surface area contributed by atoms with E-state index in [4.69, 9.17) is 4.74 Å². The van der Waals surface area contributed by atoms with E-state index in [-0.39, 0.29) is 5.91 Å². The first-order valence-electron chi connectivity index (χ1n) is 12.0. The molecule has 5 aromatic rings. The summed E-state index contributed by atoms with van der Waals surface area (Å²) in [5.41, 5.74) is 7.68. The standard InChI is InChI=1S/C31H26N2O2/c34-31(24-12-10-22(11-13-24)21-35-28-7-2-1-3-8-28)33-17-16-23-14-15-26(18-27(23)20-33)30-19-25-6-4-5-9-29(25)32-30/h1-15,18-19,32H,16-17,20-21H2. The number of benzene rings is 4. The Balaban J connectivity index is 1.16. The summed E-state index contributed by atoms with van der Waals surface area (Å²) in [6, 6.07) is 34.6. The van der Waals surface area contributed by atoms with Crippen molar-refractivity contribution in [2.75, 3.05) is 6.54 Å². The number of fused-ring (bicyclic) bond motifs is 2. The number of H-pyrrole nitrogens is 1. The van der Waals surface area contributed by atoms with E-state index in [1.165, 1.54) is 16.5 Å². The number of rotatable bonds is 5. The monoisotopic (exact) mass is 458 g/mol. The minimum absolute atomic E-state index is 0.0715. The average Bonchev–Trinajstić information content (AvgIpc) is 3.36. The summed E-state index contributed by atoms with van der Waals surface area (Å²) in [7, 11) is 0. The van der Waals surface area contributed by atoms with Gasteiger partial charge < -0.3 is 14.6 Å². The fourth-order valence-corrected chi connectivity index (χ4v) is 4.74. The Kier molecular flexibility index (Phi) is 5.55. The second-order valence-electron chi connectivity index (χ2n) is 9.03. The third-order valence-corrected chi connectivity index (χ3v) is 6.70. The fourth-order valence-electron chi connectivity index (χ4n) is 4.74. The molecule has 0 saturated heterocycles. The van der Waals surface area contributed by atoms with Crippen LogP contribution in [0, 0.1) is 0 Å². The Morgan fingerprint density at radius 2 is 1.63 bits per heavy atom. The van der Waals surface area contributed by atoms with Gasteiger partial charge in [-0.1, -0.05) is 60.7 Å². The van der Waals surface area contributed by atoms with E-state index in [1.54, 1.807) is 0 Å². The van der Waals surface area contributed by atoms with Crippen molar-refractivity contribution in [1.29, 1.82) is 0 Å². The smallest absolute Gasteiger partial charge is 0.254 e. The molecule has 1 amide bonds. The van der Waals surface area contributed by atoms with Gasteiger partial charge in [-0.2, -0.15) is 0 Å². The first-order valence-corrected chi connectivity index (χ1v) is 12.0. The molecule has 2 heterocycles. The highest BCUT2D eigenvalue weighted by atomic mass is 16.5. The second-order valence-corrected chi connectivity index (χ2v) is 9.03. The molecule has 0 unspecified atom stereocenters. The van der Waals surface area contributed by atoms with Gasteiger partial charge in [-0.25, -0.2) is 0 Å². The van der Waals surface area contributed by atoms with E-state index < -0.39 is 0 Å². The number of hydrogen-bond acceptors (Lipinski definition) is 2. The molecule has 0 saturated carbocycles. The predicted octanol–water partition coefficient (Wildman–Crippen LogP) is 6.61. The number of nitrogens with zero attached hydrogens (tertiary/aromatic N) is 1. The SMILES string of the molecule is O=C(c1ccc(COc2ccccc2)cc1)N1CCc2ccc(-c3cc4ccccc4[nH]3)cc2C1. The highest BCUT2D eigenvalue weighted by Gasteiger charge is 2.22. The van der Waals surface area contributed by atoms with Crippen molar-refractivity contribution in [3.05, 3.63) is 125 Å². The van der Waals surface area contributed by atoms with E-state index in [0.717, 1.165) is 41.1 Å². The molecule has 0 aliphatic carbocycles. The molecule has 6 rings (SSSR count). The lowest BCUT2D eigenvalue weighted by Gasteiger charge is -2.29. The van der Waals surface area contributed by atoms with Crippen LogP contribution in [-0.4, -0.2) is 22.3 Å². The number of carbonyl (C=O) groups is 1. The first kappa shape index (κ1) is 21.2. The van der Waals surface area contributed by atoms with Crippen LogP contribution in [0.15, 0.2) is 103 Å². The van der Waals surface area contributed by atoms with Gasteiger partial charge in [0.15, 0.2) is 0 Å². The van der Waals surface area contributed by atoms with E-state index in [9.17, 15) is 4.79 Å². The summed E-state index contributed by atoms with van der Waals surface area (Å²) < 4.78 is 5.82. The number of para-hydroxylation sites is 2. The summed E-state index contributed by atoms with van der Waals surface area (Å²) in [5.74, 6) is 0.911. The summed E-state index contributed by atoms with van der Waals surface area (Å²) in [4.78, 5) is 18.7. The number of carbonyl (C=O) groups excluding carboxylic acids is 1. The topological polar surface area (TPSA) is 45.3 Å². The predicted molar refractivity (Wildman–Crippen MR) is 139 cm³/mol. The molecule has 0 fully saturated rings. The summed E-state index contributed by atoms with van der Waals surface area (Å²) >= 11 is 0. The van der Waals surface area contributed by atoms with E-state index >= 15 is 0 Å². The third kappa shape index (κ3) is 4.43.